The van der Waals surface area contributed by atoms with Gasteiger partial charge in [-0.05, 0) is 71.7 Å². The lowest BCUT2D eigenvalue weighted by molar-refractivity contribution is -0.123. The SMILES string of the molecule is O=C1C2C3CC(C2C(=O)N1c1ccc(F)cc1)C1C(c2cccc(OCc4ccccc4)c2)c2sc(=O)[nH]c2SC31. The number of halogens is 1. The molecule has 1 aromatic heterocycles. The van der Waals surface area contributed by atoms with Crippen LogP contribution in [-0.2, 0) is 16.2 Å². The van der Waals surface area contributed by atoms with Gasteiger partial charge in [-0.2, -0.15) is 0 Å². The fourth-order valence-electron chi connectivity index (χ4n) is 7.77. The van der Waals surface area contributed by atoms with E-state index in [1.165, 1.54) is 40.5 Å². The third-order valence-electron chi connectivity index (χ3n) is 9.27. The third-order valence-corrected chi connectivity index (χ3v) is 11.9. The van der Waals surface area contributed by atoms with E-state index in [9.17, 15) is 18.8 Å². The lowest BCUT2D eigenvalue weighted by atomic mass is 9.68. The Morgan fingerprint density at radius 3 is 2.44 bits per heavy atom. The number of thiazole rings is 1. The van der Waals surface area contributed by atoms with Gasteiger partial charge in [-0.3, -0.25) is 19.3 Å². The molecule has 4 aromatic rings. The lowest BCUT2D eigenvalue weighted by Gasteiger charge is -2.43. The summed E-state index contributed by atoms with van der Waals surface area (Å²) in [6, 6.07) is 23.6. The first-order valence-electron chi connectivity index (χ1n) is 13.8. The van der Waals surface area contributed by atoms with Crippen LogP contribution < -0.4 is 14.5 Å². The molecule has 206 valence electrons. The van der Waals surface area contributed by atoms with Crippen LogP contribution in [0.3, 0.4) is 0 Å². The van der Waals surface area contributed by atoms with E-state index in [0.717, 1.165) is 33.2 Å². The molecule has 0 spiro atoms. The molecule has 2 aliphatic carbocycles. The van der Waals surface area contributed by atoms with E-state index in [1.807, 2.05) is 42.5 Å². The molecular formula is C32H25FN2O4S2. The molecule has 3 fully saturated rings. The van der Waals surface area contributed by atoms with Crippen LogP contribution in [0.2, 0.25) is 0 Å². The van der Waals surface area contributed by atoms with E-state index in [2.05, 4.69) is 17.1 Å². The van der Waals surface area contributed by atoms with Crippen LogP contribution in [0, 0.1) is 35.4 Å². The van der Waals surface area contributed by atoms with E-state index in [4.69, 9.17) is 4.74 Å². The topological polar surface area (TPSA) is 79.5 Å². The van der Waals surface area contributed by atoms with Gasteiger partial charge >= 0.3 is 4.87 Å². The first-order chi connectivity index (χ1) is 20.0. The summed E-state index contributed by atoms with van der Waals surface area (Å²) < 4.78 is 19.8. The molecule has 6 nitrogen and oxygen atoms in total. The molecule has 9 heteroatoms. The average molecular weight is 585 g/mol. The lowest BCUT2D eigenvalue weighted by Crippen LogP contribution is -2.42. The highest BCUT2D eigenvalue weighted by Crippen LogP contribution is 2.68. The van der Waals surface area contributed by atoms with Gasteiger partial charge in [0.1, 0.15) is 18.2 Å². The number of rotatable bonds is 5. The number of nitrogens with one attached hydrogen (secondary N) is 1. The predicted octanol–water partition coefficient (Wildman–Crippen LogP) is 5.83. The minimum Gasteiger partial charge on any atom is -0.489 e. The van der Waals surface area contributed by atoms with Crippen LogP contribution >= 0.6 is 23.1 Å². The Morgan fingerprint density at radius 2 is 1.66 bits per heavy atom. The number of hydrogen-bond donors (Lipinski definition) is 1. The highest BCUT2D eigenvalue weighted by Gasteiger charge is 2.69. The molecule has 2 saturated carbocycles. The Hall–Kier alpha value is -3.69. The smallest absolute Gasteiger partial charge is 0.305 e. The number of aromatic amines is 1. The summed E-state index contributed by atoms with van der Waals surface area (Å²) in [4.78, 5) is 45.4. The largest absolute Gasteiger partial charge is 0.489 e. The summed E-state index contributed by atoms with van der Waals surface area (Å²) >= 11 is 2.91. The number of amides is 2. The standard InChI is InChI=1S/C32H25FN2O4S2/c33-18-9-11-19(12-10-18)35-30(36)25-21-14-22(26(25)31(35)37)27-24(21)23(28-29(40-27)34-32(38)41-28)17-7-4-8-20(13-17)39-15-16-5-2-1-3-6-16/h1-13,21-27H,14-15H2,(H,34,38). The van der Waals surface area contributed by atoms with Gasteiger partial charge in [0.05, 0.1) is 22.5 Å². The quantitative estimate of drug-likeness (QED) is 0.299. The molecular weight excluding hydrogens is 559 g/mol. The molecule has 2 aliphatic heterocycles. The van der Waals surface area contributed by atoms with Crippen LogP contribution in [0.1, 0.15) is 28.3 Å². The molecule has 3 aromatic carbocycles. The Balaban J connectivity index is 1.16. The van der Waals surface area contributed by atoms with Crippen molar-refractivity contribution in [2.24, 2.45) is 29.6 Å². The first-order valence-corrected chi connectivity index (χ1v) is 15.5. The van der Waals surface area contributed by atoms with E-state index in [0.29, 0.717) is 12.3 Å². The van der Waals surface area contributed by atoms with Gasteiger partial charge in [0.15, 0.2) is 0 Å². The summed E-state index contributed by atoms with van der Waals surface area (Å²) in [6.07, 6.45) is 0.812. The summed E-state index contributed by atoms with van der Waals surface area (Å²) in [6.45, 7) is 0.448. The molecule has 3 heterocycles. The van der Waals surface area contributed by atoms with E-state index >= 15 is 0 Å². The number of ether oxygens (including phenoxy) is 1. The fraction of sp³-hybridized carbons (Fsp3) is 0.281. The van der Waals surface area contributed by atoms with Crippen molar-refractivity contribution in [3.8, 4) is 5.75 Å². The highest BCUT2D eigenvalue weighted by atomic mass is 32.2. The van der Waals surface area contributed by atoms with Gasteiger partial charge in [-0.25, -0.2) is 4.39 Å². The molecule has 1 saturated heterocycles. The number of carbonyl (C=O) groups excluding carboxylic acids is 2. The molecule has 7 atom stereocenters. The zero-order valence-electron chi connectivity index (χ0n) is 21.7. The predicted molar refractivity (Wildman–Crippen MR) is 155 cm³/mol. The molecule has 7 unspecified atom stereocenters. The number of fused-ring (bicyclic) bond motifs is 9. The number of benzene rings is 3. The maximum absolute atomic E-state index is 13.8. The maximum atomic E-state index is 13.8. The number of thioether (sulfide) groups is 1. The van der Waals surface area contributed by atoms with Crippen molar-refractivity contribution in [3.05, 3.63) is 110 Å². The van der Waals surface area contributed by atoms with Crippen LogP contribution in [0.4, 0.5) is 10.1 Å². The highest BCUT2D eigenvalue weighted by molar-refractivity contribution is 8.00. The summed E-state index contributed by atoms with van der Waals surface area (Å²) in [7, 11) is 0. The monoisotopic (exact) mass is 584 g/mol. The van der Waals surface area contributed by atoms with Gasteiger partial charge in [-0.1, -0.05) is 53.8 Å². The molecule has 2 bridgehead atoms. The Labute approximate surface area is 243 Å². The van der Waals surface area contributed by atoms with Gasteiger partial charge in [0.25, 0.3) is 0 Å². The second kappa shape index (κ2) is 9.42. The second-order valence-corrected chi connectivity index (χ2v) is 13.5. The Kier molecular flexibility index (Phi) is 5.76. The summed E-state index contributed by atoms with van der Waals surface area (Å²) in [5, 5.41) is 0.973. The van der Waals surface area contributed by atoms with E-state index < -0.39 is 11.7 Å². The number of nitrogens with zero attached hydrogens (tertiary/aromatic N) is 1. The van der Waals surface area contributed by atoms with Crippen molar-refractivity contribution in [1.82, 2.24) is 4.98 Å². The van der Waals surface area contributed by atoms with Gasteiger partial charge in [-0.15, -0.1) is 11.8 Å². The van der Waals surface area contributed by atoms with Crippen LogP contribution in [-0.4, -0.2) is 22.0 Å². The van der Waals surface area contributed by atoms with Crippen molar-refractivity contribution >= 4 is 40.6 Å². The van der Waals surface area contributed by atoms with Crippen LogP contribution in [0.15, 0.2) is 88.7 Å². The molecule has 2 amide bonds. The van der Waals surface area contributed by atoms with E-state index in [1.54, 1.807) is 11.8 Å². The average Bonchev–Trinajstić information content (AvgIpc) is 3.72. The van der Waals surface area contributed by atoms with Crippen molar-refractivity contribution in [2.75, 3.05) is 4.90 Å². The molecule has 1 N–H and O–H groups in total. The molecule has 4 aliphatic rings. The number of hydrogen-bond acceptors (Lipinski definition) is 6. The third kappa shape index (κ3) is 3.85. The Bertz CT molecular complexity index is 1740. The number of carbonyl (C=O) groups is 2. The minimum absolute atomic E-state index is 0.00800. The number of anilines is 1. The zero-order valence-corrected chi connectivity index (χ0v) is 23.4. The maximum Gasteiger partial charge on any atom is 0.305 e. The zero-order chi connectivity index (χ0) is 27.8. The first kappa shape index (κ1) is 25.1. The van der Waals surface area contributed by atoms with Crippen LogP contribution in [0.25, 0.3) is 0 Å². The van der Waals surface area contributed by atoms with Crippen molar-refractivity contribution < 1.29 is 18.7 Å². The van der Waals surface area contributed by atoms with Crippen molar-refractivity contribution in [1.29, 1.82) is 0 Å². The van der Waals surface area contributed by atoms with E-state index in [-0.39, 0.29) is 51.5 Å². The summed E-state index contributed by atoms with van der Waals surface area (Å²) in [5.74, 6) is -0.776. The van der Waals surface area contributed by atoms with Crippen LogP contribution in [0.5, 0.6) is 5.75 Å². The fourth-order valence-corrected chi connectivity index (χ4v) is 10.7. The van der Waals surface area contributed by atoms with Gasteiger partial charge in [0, 0.05) is 16.0 Å². The summed E-state index contributed by atoms with van der Waals surface area (Å²) in [5.41, 5.74) is 2.56. The minimum atomic E-state index is -0.409. The Morgan fingerprint density at radius 1 is 0.902 bits per heavy atom. The second-order valence-electron chi connectivity index (χ2n) is 11.3. The normalized spacial score (nSPS) is 29.4. The number of imide groups is 1. The van der Waals surface area contributed by atoms with Gasteiger partial charge in [0.2, 0.25) is 11.8 Å². The van der Waals surface area contributed by atoms with Crippen molar-refractivity contribution in [2.45, 2.75) is 29.2 Å². The molecule has 0 radical (unpaired) electrons. The molecule has 8 rings (SSSR count). The molecule has 41 heavy (non-hydrogen) atoms. The number of H-pyrrole nitrogens is 1. The number of aromatic nitrogens is 1. The van der Waals surface area contributed by atoms with Gasteiger partial charge < -0.3 is 9.72 Å². The van der Waals surface area contributed by atoms with Crippen molar-refractivity contribution in [3.63, 3.8) is 0 Å².